The monoisotopic (exact) mass is 292 g/mol. The number of piperidine rings is 1. The average Bonchev–Trinajstić information content (AvgIpc) is 2.44. The van der Waals surface area contributed by atoms with Crippen LogP contribution in [-0.4, -0.2) is 46.6 Å². The predicted molar refractivity (Wildman–Crippen MR) is 76.2 cm³/mol. The summed E-state index contributed by atoms with van der Waals surface area (Å²) in [5, 5.41) is 8.88. The number of hydrogen-bond donors (Lipinski definition) is 1. The Labute approximate surface area is 123 Å². The Morgan fingerprint density at radius 2 is 2.00 bits per heavy atom. The van der Waals surface area contributed by atoms with Gasteiger partial charge in [-0.1, -0.05) is 13.8 Å². The lowest BCUT2D eigenvalue weighted by Crippen LogP contribution is -2.44. The van der Waals surface area contributed by atoms with Gasteiger partial charge in [0.05, 0.1) is 11.8 Å². The SMILES string of the molecule is CC1CC(C)CN(C(=O)COc2cncc(C(=O)O)c2)C1. The van der Waals surface area contributed by atoms with Crippen molar-refractivity contribution in [2.24, 2.45) is 11.8 Å². The molecule has 1 aromatic rings. The lowest BCUT2D eigenvalue weighted by molar-refractivity contribution is -0.136. The van der Waals surface area contributed by atoms with Crippen LogP contribution in [0.5, 0.6) is 5.75 Å². The smallest absolute Gasteiger partial charge is 0.337 e. The molecule has 0 aromatic carbocycles. The number of likely N-dealkylation sites (tertiary alicyclic amines) is 1. The normalized spacial score (nSPS) is 21.9. The number of ether oxygens (including phenoxy) is 1. The van der Waals surface area contributed by atoms with Crippen LogP contribution in [0, 0.1) is 11.8 Å². The summed E-state index contributed by atoms with van der Waals surface area (Å²) < 4.78 is 5.37. The summed E-state index contributed by atoms with van der Waals surface area (Å²) in [4.78, 5) is 28.6. The van der Waals surface area contributed by atoms with E-state index in [4.69, 9.17) is 9.84 Å². The molecule has 2 rings (SSSR count). The standard InChI is InChI=1S/C15H20N2O4/c1-10-3-11(2)8-17(7-10)14(18)9-21-13-4-12(15(19)20)5-16-6-13/h4-6,10-11H,3,7-9H2,1-2H3,(H,19,20). The van der Waals surface area contributed by atoms with Crippen LogP contribution in [0.15, 0.2) is 18.5 Å². The highest BCUT2D eigenvalue weighted by molar-refractivity contribution is 5.87. The molecule has 2 heterocycles. The maximum atomic E-state index is 12.1. The molecule has 1 aromatic heterocycles. The van der Waals surface area contributed by atoms with E-state index in [1.807, 2.05) is 4.90 Å². The minimum absolute atomic E-state index is 0.0418. The van der Waals surface area contributed by atoms with Crippen LogP contribution in [0.4, 0.5) is 0 Å². The molecule has 0 bridgehead atoms. The Morgan fingerprint density at radius 3 is 2.62 bits per heavy atom. The van der Waals surface area contributed by atoms with Gasteiger partial charge in [0.2, 0.25) is 0 Å². The van der Waals surface area contributed by atoms with Gasteiger partial charge in [-0.2, -0.15) is 0 Å². The molecule has 0 saturated carbocycles. The zero-order valence-corrected chi connectivity index (χ0v) is 12.3. The number of aromatic carboxylic acids is 1. The van der Waals surface area contributed by atoms with Crippen molar-refractivity contribution >= 4 is 11.9 Å². The van der Waals surface area contributed by atoms with E-state index in [1.54, 1.807) is 0 Å². The molecule has 21 heavy (non-hydrogen) atoms. The number of hydrogen-bond acceptors (Lipinski definition) is 4. The summed E-state index contributed by atoms with van der Waals surface area (Å²) in [5.41, 5.74) is 0.0418. The summed E-state index contributed by atoms with van der Waals surface area (Å²) in [6, 6.07) is 1.37. The van der Waals surface area contributed by atoms with Gasteiger partial charge in [0.15, 0.2) is 6.61 Å². The highest BCUT2D eigenvalue weighted by Gasteiger charge is 2.25. The molecule has 6 nitrogen and oxygen atoms in total. The first-order valence-electron chi connectivity index (χ1n) is 7.04. The van der Waals surface area contributed by atoms with E-state index >= 15 is 0 Å². The van der Waals surface area contributed by atoms with E-state index in [2.05, 4.69) is 18.8 Å². The van der Waals surface area contributed by atoms with Crippen molar-refractivity contribution in [2.45, 2.75) is 20.3 Å². The first kappa shape index (κ1) is 15.3. The van der Waals surface area contributed by atoms with Gasteiger partial charge in [-0.25, -0.2) is 4.79 Å². The second kappa shape index (κ2) is 6.56. The molecule has 1 aliphatic heterocycles. The Kier molecular flexibility index (Phi) is 4.77. The molecule has 0 spiro atoms. The number of nitrogens with zero attached hydrogens (tertiary/aromatic N) is 2. The number of carboxylic acid groups (broad SMARTS) is 1. The summed E-state index contributed by atoms with van der Waals surface area (Å²) >= 11 is 0. The molecular weight excluding hydrogens is 272 g/mol. The zero-order chi connectivity index (χ0) is 15.4. The molecule has 2 unspecified atom stereocenters. The highest BCUT2D eigenvalue weighted by Crippen LogP contribution is 2.21. The van der Waals surface area contributed by atoms with Crippen LogP contribution in [0.25, 0.3) is 0 Å². The molecule has 0 radical (unpaired) electrons. The van der Waals surface area contributed by atoms with Gasteiger partial charge in [-0.05, 0) is 24.3 Å². The molecule has 114 valence electrons. The zero-order valence-electron chi connectivity index (χ0n) is 12.3. The van der Waals surface area contributed by atoms with E-state index in [-0.39, 0.29) is 18.1 Å². The Balaban J connectivity index is 1.92. The van der Waals surface area contributed by atoms with Gasteiger partial charge in [0.1, 0.15) is 5.75 Å². The van der Waals surface area contributed by atoms with Crippen LogP contribution >= 0.6 is 0 Å². The van der Waals surface area contributed by atoms with Crippen molar-refractivity contribution in [1.82, 2.24) is 9.88 Å². The van der Waals surface area contributed by atoms with Crippen LogP contribution in [-0.2, 0) is 4.79 Å². The van der Waals surface area contributed by atoms with Gasteiger partial charge in [-0.15, -0.1) is 0 Å². The molecule has 6 heteroatoms. The summed E-state index contributed by atoms with van der Waals surface area (Å²) in [6.07, 6.45) is 3.78. The van der Waals surface area contributed by atoms with Gasteiger partial charge in [0.25, 0.3) is 5.91 Å². The minimum Gasteiger partial charge on any atom is -0.482 e. The predicted octanol–water partition coefficient (Wildman–Crippen LogP) is 1.66. The number of carbonyl (C=O) groups excluding carboxylic acids is 1. The second-order valence-corrected chi connectivity index (χ2v) is 5.75. The molecular formula is C15H20N2O4. The third-order valence-electron chi connectivity index (χ3n) is 3.54. The van der Waals surface area contributed by atoms with Crippen molar-refractivity contribution in [2.75, 3.05) is 19.7 Å². The number of rotatable bonds is 4. The van der Waals surface area contributed by atoms with Crippen molar-refractivity contribution in [1.29, 1.82) is 0 Å². The molecule has 2 atom stereocenters. The van der Waals surface area contributed by atoms with Crippen LogP contribution in [0.1, 0.15) is 30.6 Å². The quantitative estimate of drug-likeness (QED) is 0.913. The molecule has 1 amide bonds. The third kappa shape index (κ3) is 4.18. The van der Waals surface area contributed by atoms with E-state index in [0.29, 0.717) is 17.6 Å². The van der Waals surface area contributed by atoms with Gasteiger partial charge >= 0.3 is 5.97 Å². The van der Waals surface area contributed by atoms with Crippen molar-refractivity contribution in [3.8, 4) is 5.75 Å². The number of carboxylic acids is 1. The highest BCUT2D eigenvalue weighted by atomic mass is 16.5. The first-order valence-corrected chi connectivity index (χ1v) is 7.04. The van der Waals surface area contributed by atoms with E-state index in [9.17, 15) is 9.59 Å². The third-order valence-corrected chi connectivity index (χ3v) is 3.54. The molecule has 1 fully saturated rings. The summed E-state index contributed by atoms with van der Waals surface area (Å²) in [6.45, 7) is 5.68. The maximum Gasteiger partial charge on any atom is 0.337 e. The molecule has 0 aliphatic carbocycles. The van der Waals surface area contributed by atoms with Gasteiger partial charge < -0.3 is 14.7 Å². The molecule has 1 saturated heterocycles. The minimum atomic E-state index is -1.07. The van der Waals surface area contributed by atoms with E-state index in [1.165, 1.54) is 18.5 Å². The number of carbonyl (C=O) groups is 2. The molecule has 1 aliphatic rings. The number of aromatic nitrogens is 1. The fourth-order valence-corrected chi connectivity index (χ4v) is 2.72. The van der Waals surface area contributed by atoms with E-state index < -0.39 is 5.97 Å². The van der Waals surface area contributed by atoms with Crippen LogP contribution in [0.2, 0.25) is 0 Å². The van der Waals surface area contributed by atoms with E-state index in [0.717, 1.165) is 19.5 Å². The first-order chi connectivity index (χ1) is 9.95. The van der Waals surface area contributed by atoms with Gasteiger partial charge in [-0.3, -0.25) is 9.78 Å². The van der Waals surface area contributed by atoms with Crippen molar-refractivity contribution in [3.63, 3.8) is 0 Å². The largest absolute Gasteiger partial charge is 0.482 e. The molecule has 1 N–H and O–H groups in total. The number of pyridine rings is 1. The Hall–Kier alpha value is -2.11. The maximum absolute atomic E-state index is 12.1. The Morgan fingerprint density at radius 1 is 1.33 bits per heavy atom. The van der Waals surface area contributed by atoms with Crippen molar-refractivity contribution < 1.29 is 19.4 Å². The summed E-state index contributed by atoms with van der Waals surface area (Å²) in [5.74, 6) is 0.137. The summed E-state index contributed by atoms with van der Waals surface area (Å²) in [7, 11) is 0. The number of amides is 1. The topological polar surface area (TPSA) is 79.7 Å². The van der Waals surface area contributed by atoms with Gasteiger partial charge in [0, 0.05) is 19.3 Å². The van der Waals surface area contributed by atoms with Crippen LogP contribution < -0.4 is 4.74 Å². The lowest BCUT2D eigenvalue weighted by Gasteiger charge is -2.34. The fourth-order valence-electron chi connectivity index (χ4n) is 2.72. The fraction of sp³-hybridized carbons (Fsp3) is 0.533. The van der Waals surface area contributed by atoms with Crippen molar-refractivity contribution in [3.05, 3.63) is 24.0 Å². The van der Waals surface area contributed by atoms with Crippen LogP contribution in [0.3, 0.4) is 0 Å². The second-order valence-electron chi connectivity index (χ2n) is 5.75. The Bertz CT molecular complexity index is 522. The average molecular weight is 292 g/mol. The lowest BCUT2D eigenvalue weighted by atomic mass is 9.92.